The highest BCUT2D eigenvalue weighted by atomic mass is 32.2. The molecule has 84 valence electrons. The van der Waals surface area contributed by atoms with E-state index in [1.165, 1.54) is 6.42 Å². The molecule has 1 atom stereocenters. The highest BCUT2D eigenvalue weighted by Gasteiger charge is 2.33. The molecule has 0 aliphatic heterocycles. The Balaban J connectivity index is 2.44. The summed E-state index contributed by atoms with van der Waals surface area (Å²) in [5, 5.41) is -0.494. The standard InChI is InChI=1S/C9H20N2O2S/c1-8(6-10)14(12,13)11-7-9(2)4-3-5-9/h8,11H,3-7,10H2,1-2H3. The first kappa shape index (κ1) is 11.9. The summed E-state index contributed by atoms with van der Waals surface area (Å²) < 4.78 is 25.8. The SMILES string of the molecule is CC(CN)S(=O)(=O)NCC1(C)CCC1. The predicted octanol–water partition coefficient (Wildman–Crippen LogP) is 0.443. The number of nitrogens with two attached hydrogens (primary N) is 1. The molecule has 0 saturated heterocycles. The topological polar surface area (TPSA) is 72.2 Å². The number of hydrogen-bond donors (Lipinski definition) is 2. The van der Waals surface area contributed by atoms with Crippen LogP contribution in [0.4, 0.5) is 0 Å². The van der Waals surface area contributed by atoms with E-state index in [2.05, 4.69) is 11.6 Å². The van der Waals surface area contributed by atoms with Gasteiger partial charge in [0.05, 0.1) is 5.25 Å². The number of hydrogen-bond acceptors (Lipinski definition) is 3. The zero-order valence-electron chi connectivity index (χ0n) is 8.91. The van der Waals surface area contributed by atoms with Crippen LogP contribution in [-0.4, -0.2) is 26.8 Å². The molecule has 1 fully saturated rings. The fourth-order valence-corrected chi connectivity index (χ4v) is 2.59. The zero-order chi connectivity index (χ0) is 10.8. The van der Waals surface area contributed by atoms with Crippen LogP contribution in [0.3, 0.4) is 0 Å². The maximum atomic E-state index is 11.6. The molecule has 5 heteroatoms. The molecule has 4 nitrogen and oxygen atoms in total. The second-order valence-electron chi connectivity index (χ2n) is 4.58. The smallest absolute Gasteiger partial charge is 0.215 e. The van der Waals surface area contributed by atoms with Crippen molar-refractivity contribution in [2.75, 3.05) is 13.1 Å². The van der Waals surface area contributed by atoms with Gasteiger partial charge in [-0.05, 0) is 25.2 Å². The summed E-state index contributed by atoms with van der Waals surface area (Å²) in [4.78, 5) is 0. The van der Waals surface area contributed by atoms with Crippen molar-refractivity contribution >= 4 is 10.0 Å². The molecule has 14 heavy (non-hydrogen) atoms. The molecule has 1 unspecified atom stereocenters. The Labute approximate surface area is 86.3 Å². The molecule has 0 aromatic carbocycles. The third kappa shape index (κ3) is 2.68. The van der Waals surface area contributed by atoms with Gasteiger partial charge in [-0.25, -0.2) is 13.1 Å². The Hall–Kier alpha value is -0.130. The molecular formula is C9H20N2O2S. The summed E-state index contributed by atoms with van der Waals surface area (Å²) in [6.07, 6.45) is 3.45. The first-order chi connectivity index (χ1) is 6.40. The summed E-state index contributed by atoms with van der Waals surface area (Å²) in [5.41, 5.74) is 5.51. The van der Waals surface area contributed by atoms with Crippen molar-refractivity contribution < 1.29 is 8.42 Å². The molecule has 0 heterocycles. The molecule has 3 N–H and O–H groups in total. The van der Waals surface area contributed by atoms with Gasteiger partial charge in [-0.3, -0.25) is 0 Å². The summed E-state index contributed by atoms with van der Waals surface area (Å²) in [7, 11) is -3.19. The van der Waals surface area contributed by atoms with Crippen molar-refractivity contribution in [2.45, 2.75) is 38.4 Å². The monoisotopic (exact) mass is 220 g/mol. The van der Waals surface area contributed by atoms with Crippen LogP contribution < -0.4 is 10.5 Å². The van der Waals surface area contributed by atoms with Crippen LogP contribution in [0, 0.1) is 5.41 Å². The first-order valence-corrected chi connectivity index (χ1v) is 6.63. The molecule has 0 aromatic heterocycles. The Morgan fingerprint density at radius 3 is 2.43 bits per heavy atom. The average molecular weight is 220 g/mol. The van der Waals surface area contributed by atoms with Gasteiger partial charge < -0.3 is 5.73 Å². The van der Waals surface area contributed by atoms with E-state index in [0.29, 0.717) is 6.54 Å². The molecule has 0 spiro atoms. The molecule has 0 radical (unpaired) electrons. The molecule has 1 aliphatic rings. The number of rotatable bonds is 5. The Bertz CT molecular complexity index is 283. The summed E-state index contributed by atoms with van der Waals surface area (Å²) in [5.74, 6) is 0. The molecule has 0 amide bonds. The predicted molar refractivity (Wildman–Crippen MR) is 57.4 cm³/mol. The van der Waals surface area contributed by atoms with Crippen molar-refractivity contribution in [3.8, 4) is 0 Å². The molecule has 0 aromatic rings. The van der Waals surface area contributed by atoms with E-state index < -0.39 is 15.3 Å². The normalized spacial score (nSPS) is 22.8. The second-order valence-corrected chi connectivity index (χ2v) is 6.76. The van der Waals surface area contributed by atoms with E-state index in [-0.39, 0.29) is 12.0 Å². The number of nitrogens with one attached hydrogen (secondary N) is 1. The molecular weight excluding hydrogens is 200 g/mol. The van der Waals surface area contributed by atoms with Crippen molar-refractivity contribution in [3.63, 3.8) is 0 Å². The Morgan fingerprint density at radius 2 is 2.07 bits per heavy atom. The van der Waals surface area contributed by atoms with Crippen molar-refractivity contribution in [2.24, 2.45) is 11.1 Å². The van der Waals surface area contributed by atoms with Gasteiger partial charge in [0, 0.05) is 13.1 Å². The van der Waals surface area contributed by atoms with Gasteiger partial charge in [-0.1, -0.05) is 13.3 Å². The minimum absolute atomic E-state index is 0.173. The van der Waals surface area contributed by atoms with Gasteiger partial charge in [0.15, 0.2) is 0 Å². The second kappa shape index (κ2) is 4.16. The third-order valence-electron chi connectivity index (χ3n) is 3.12. The minimum atomic E-state index is -3.19. The quantitative estimate of drug-likeness (QED) is 0.706. The maximum absolute atomic E-state index is 11.6. The minimum Gasteiger partial charge on any atom is -0.329 e. The maximum Gasteiger partial charge on any atom is 0.215 e. The lowest BCUT2D eigenvalue weighted by Crippen LogP contribution is -2.44. The van der Waals surface area contributed by atoms with E-state index in [4.69, 9.17) is 5.73 Å². The molecule has 1 rings (SSSR count). The fourth-order valence-electron chi connectivity index (χ4n) is 1.50. The zero-order valence-corrected chi connectivity index (χ0v) is 9.73. The fraction of sp³-hybridized carbons (Fsp3) is 1.00. The van der Waals surface area contributed by atoms with E-state index in [1.54, 1.807) is 6.92 Å². The lowest BCUT2D eigenvalue weighted by atomic mass is 9.71. The van der Waals surface area contributed by atoms with Gasteiger partial charge in [0.2, 0.25) is 10.0 Å². The van der Waals surface area contributed by atoms with Gasteiger partial charge in [0.25, 0.3) is 0 Å². The summed E-state index contributed by atoms with van der Waals surface area (Å²) in [6, 6.07) is 0. The van der Waals surface area contributed by atoms with Crippen LogP contribution in [0.1, 0.15) is 33.1 Å². The van der Waals surface area contributed by atoms with Crippen molar-refractivity contribution in [1.29, 1.82) is 0 Å². The van der Waals surface area contributed by atoms with Gasteiger partial charge in [-0.2, -0.15) is 0 Å². The Morgan fingerprint density at radius 1 is 1.50 bits per heavy atom. The van der Waals surface area contributed by atoms with Crippen LogP contribution in [0.5, 0.6) is 0 Å². The van der Waals surface area contributed by atoms with Crippen LogP contribution in [0.2, 0.25) is 0 Å². The van der Waals surface area contributed by atoms with E-state index in [0.717, 1.165) is 12.8 Å². The van der Waals surface area contributed by atoms with Crippen LogP contribution >= 0.6 is 0 Å². The van der Waals surface area contributed by atoms with E-state index in [9.17, 15) is 8.42 Å². The summed E-state index contributed by atoms with van der Waals surface area (Å²) >= 11 is 0. The van der Waals surface area contributed by atoms with Crippen LogP contribution in [0.25, 0.3) is 0 Å². The average Bonchev–Trinajstić information content (AvgIpc) is 2.10. The third-order valence-corrected chi connectivity index (χ3v) is 4.92. The first-order valence-electron chi connectivity index (χ1n) is 5.08. The largest absolute Gasteiger partial charge is 0.329 e. The molecule has 0 bridgehead atoms. The van der Waals surface area contributed by atoms with Crippen LogP contribution in [-0.2, 0) is 10.0 Å². The molecule has 1 aliphatic carbocycles. The Kier molecular flexibility index (Phi) is 3.55. The lowest BCUT2D eigenvalue weighted by Gasteiger charge is -2.38. The van der Waals surface area contributed by atoms with E-state index in [1.807, 2.05) is 0 Å². The lowest BCUT2D eigenvalue weighted by molar-refractivity contribution is 0.166. The van der Waals surface area contributed by atoms with Gasteiger partial charge >= 0.3 is 0 Å². The van der Waals surface area contributed by atoms with Crippen molar-refractivity contribution in [1.82, 2.24) is 4.72 Å². The highest BCUT2D eigenvalue weighted by Crippen LogP contribution is 2.39. The number of sulfonamides is 1. The van der Waals surface area contributed by atoms with Crippen LogP contribution in [0.15, 0.2) is 0 Å². The molecule has 1 saturated carbocycles. The van der Waals surface area contributed by atoms with E-state index >= 15 is 0 Å². The van der Waals surface area contributed by atoms with Gasteiger partial charge in [0.1, 0.15) is 0 Å². The highest BCUT2D eigenvalue weighted by molar-refractivity contribution is 7.90. The van der Waals surface area contributed by atoms with Crippen molar-refractivity contribution in [3.05, 3.63) is 0 Å². The summed E-state index contributed by atoms with van der Waals surface area (Å²) in [6.45, 7) is 4.48. The van der Waals surface area contributed by atoms with Gasteiger partial charge in [-0.15, -0.1) is 0 Å².